The first-order valence-corrected chi connectivity index (χ1v) is 8.08. The number of halogens is 1. The van der Waals surface area contributed by atoms with Crippen LogP contribution in [0.3, 0.4) is 0 Å². The molecule has 0 amide bonds. The van der Waals surface area contributed by atoms with Crippen LogP contribution in [0, 0.1) is 0 Å². The van der Waals surface area contributed by atoms with Crippen molar-refractivity contribution in [2.45, 2.75) is 19.4 Å². The largest absolute Gasteiger partial charge is 0.337 e. The van der Waals surface area contributed by atoms with E-state index in [1.54, 1.807) is 0 Å². The van der Waals surface area contributed by atoms with E-state index in [0.29, 0.717) is 0 Å². The molecule has 4 aromatic rings. The Balaban J connectivity index is 0.00000144. The minimum Gasteiger partial charge on any atom is -0.337 e. The second kappa shape index (κ2) is 6.51. The molecule has 4 rings (SSSR count). The molecule has 2 aromatic heterocycles. The van der Waals surface area contributed by atoms with Gasteiger partial charge in [-0.15, -0.1) is 23.7 Å². The van der Waals surface area contributed by atoms with E-state index in [0.717, 1.165) is 19.4 Å². The lowest BCUT2D eigenvalue weighted by molar-refractivity contribution is 0.642. The fourth-order valence-corrected chi connectivity index (χ4v) is 3.90. The number of hydrogen-bond acceptors (Lipinski definition) is 2. The van der Waals surface area contributed by atoms with E-state index in [4.69, 9.17) is 0 Å². The molecule has 0 spiro atoms. The van der Waals surface area contributed by atoms with Gasteiger partial charge in [0.25, 0.3) is 0 Å². The second-order valence-corrected chi connectivity index (χ2v) is 6.42. The molecule has 0 aliphatic carbocycles. The molecule has 0 aliphatic heterocycles. The Morgan fingerprint density at radius 1 is 1.00 bits per heavy atom. The van der Waals surface area contributed by atoms with Gasteiger partial charge in [0.15, 0.2) is 0 Å². The maximum Gasteiger partial charge on any atom is 0.0945 e. The fraction of sp³-hybridized carbons (Fsp3) is 0.167. The van der Waals surface area contributed by atoms with Crippen LogP contribution >= 0.6 is 23.7 Å². The van der Waals surface area contributed by atoms with Crippen molar-refractivity contribution < 1.29 is 0 Å². The van der Waals surface area contributed by atoms with E-state index in [-0.39, 0.29) is 12.4 Å². The van der Waals surface area contributed by atoms with Crippen molar-refractivity contribution in [1.29, 1.82) is 0 Å². The van der Waals surface area contributed by atoms with Gasteiger partial charge in [-0.3, -0.25) is 0 Å². The average molecular weight is 329 g/mol. The van der Waals surface area contributed by atoms with Crippen LogP contribution < -0.4 is 0 Å². The van der Waals surface area contributed by atoms with Crippen LogP contribution in [0.15, 0.2) is 61.2 Å². The van der Waals surface area contributed by atoms with Gasteiger partial charge in [0.2, 0.25) is 0 Å². The quantitative estimate of drug-likeness (QED) is 0.496. The molecule has 0 bridgehead atoms. The molecular formula is C18H17ClN2S. The number of imidazole rings is 1. The summed E-state index contributed by atoms with van der Waals surface area (Å²) in [5, 5.41) is 2.78. The van der Waals surface area contributed by atoms with Crippen LogP contribution in [0.1, 0.15) is 12.0 Å². The molecule has 22 heavy (non-hydrogen) atoms. The van der Waals surface area contributed by atoms with Crippen molar-refractivity contribution >= 4 is 43.9 Å². The van der Waals surface area contributed by atoms with E-state index in [1.807, 2.05) is 30.1 Å². The van der Waals surface area contributed by atoms with Gasteiger partial charge in [-0.05, 0) is 36.6 Å². The van der Waals surface area contributed by atoms with Gasteiger partial charge in [-0.1, -0.05) is 24.3 Å². The van der Waals surface area contributed by atoms with Crippen LogP contribution in [-0.4, -0.2) is 9.55 Å². The van der Waals surface area contributed by atoms with E-state index in [1.165, 1.54) is 25.7 Å². The third kappa shape index (κ3) is 2.87. The first-order valence-electron chi connectivity index (χ1n) is 7.26. The van der Waals surface area contributed by atoms with Crippen LogP contribution in [0.4, 0.5) is 0 Å². The average Bonchev–Trinajstić information content (AvgIpc) is 3.14. The van der Waals surface area contributed by atoms with Gasteiger partial charge in [0.1, 0.15) is 0 Å². The van der Waals surface area contributed by atoms with E-state index < -0.39 is 0 Å². The summed E-state index contributed by atoms with van der Waals surface area (Å²) in [4.78, 5) is 4.08. The predicted molar refractivity (Wildman–Crippen MR) is 97.1 cm³/mol. The third-order valence-corrected chi connectivity index (χ3v) is 5.03. The second-order valence-electron chi connectivity index (χ2n) is 5.33. The lowest BCUT2D eigenvalue weighted by Gasteiger charge is -2.03. The summed E-state index contributed by atoms with van der Waals surface area (Å²) in [7, 11) is 0. The predicted octanol–water partition coefficient (Wildman–Crippen LogP) is 5.31. The molecule has 0 radical (unpaired) electrons. The smallest absolute Gasteiger partial charge is 0.0945 e. The first kappa shape index (κ1) is 15.1. The zero-order valence-corrected chi connectivity index (χ0v) is 13.7. The molecule has 0 saturated carbocycles. The highest BCUT2D eigenvalue weighted by atomic mass is 35.5. The van der Waals surface area contributed by atoms with Gasteiger partial charge in [-0.25, -0.2) is 4.98 Å². The summed E-state index contributed by atoms with van der Waals surface area (Å²) in [6, 6.07) is 15.6. The summed E-state index contributed by atoms with van der Waals surface area (Å²) in [5.41, 5.74) is 1.42. The van der Waals surface area contributed by atoms with Crippen LogP contribution in [0.25, 0.3) is 20.2 Å². The Bertz CT molecular complexity index is 881. The maximum atomic E-state index is 4.08. The van der Waals surface area contributed by atoms with Gasteiger partial charge < -0.3 is 4.57 Å². The zero-order valence-electron chi connectivity index (χ0n) is 12.1. The number of rotatable bonds is 4. The van der Waals surface area contributed by atoms with Crippen molar-refractivity contribution in [2.24, 2.45) is 0 Å². The number of thiophene rings is 1. The standard InChI is InChI=1S/C18H16N2S.ClH/c1-2-6-17-15(5-1)16-12-14(7-8-18(16)21-17)4-3-10-20-11-9-19-13-20;/h1-2,5-9,11-13H,3-4,10H2;1H. The highest BCUT2D eigenvalue weighted by Crippen LogP contribution is 2.34. The minimum absolute atomic E-state index is 0. The third-order valence-electron chi connectivity index (χ3n) is 3.88. The number of aryl methyl sites for hydroxylation is 2. The summed E-state index contributed by atoms with van der Waals surface area (Å²) >= 11 is 1.88. The number of fused-ring (bicyclic) bond motifs is 3. The normalized spacial score (nSPS) is 10.9. The summed E-state index contributed by atoms with van der Waals surface area (Å²) < 4.78 is 4.90. The minimum atomic E-state index is 0. The van der Waals surface area contributed by atoms with Gasteiger partial charge in [0.05, 0.1) is 6.33 Å². The highest BCUT2D eigenvalue weighted by Gasteiger charge is 2.05. The first-order chi connectivity index (χ1) is 10.4. The Morgan fingerprint density at radius 3 is 2.73 bits per heavy atom. The fourth-order valence-electron chi connectivity index (χ4n) is 2.81. The molecule has 2 heterocycles. The molecule has 0 fully saturated rings. The monoisotopic (exact) mass is 328 g/mol. The number of benzene rings is 2. The zero-order chi connectivity index (χ0) is 14.1. The van der Waals surface area contributed by atoms with Crippen molar-refractivity contribution in [1.82, 2.24) is 9.55 Å². The molecule has 0 atom stereocenters. The molecular weight excluding hydrogens is 312 g/mol. The lowest BCUT2D eigenvalue weighted by atomic mass is 10.1. The van der Waals surface area contributed by atoms with Crippen LogP contribution in [-0.2, 0) is 13.0 Å². The summed E-state index contributed by atoms with van der Waals surface area (Å²) in [6.07, 6.45) is 8.00. The topological polar surface area (TPSA) is 17.8 Å². The lowest BCUT2D eigenvalue weighted by Crippen LogP contribution is -1.96. The Kier molecular flexibility index (Phi) is 4.46. The SMILES string of the molecule is Cl.c1ccc2c(c1)sc1ccc(CCCn3ccnc3)cc12. The van der Waals surface area contributed by atoms with Gasteiger partial charge >= 0.3 is 0 Å². The molecule has 4 heteroatoms. The number of aromatic nitrogens is 2. The Morgan fingerprint density at radius 2 is 1.86 bits per heavy atom. The molecule has 0 saturated heterocycles. The van der Waals surface area contributed by atoms with Gasteiger partial charge in [-0.2, -0.15) is 0 Å². The molecule has 0 aliphatic rings. The Hall–Kier alpha value is -1.84. The maximum absolute atomic E-state index is 4.08. The van der Waals surface area contributed by atoms with E-state index in [9.17, 15) is 0 Å². The van der Waals surface area contributed by atoms with E-state index in [2.05, 4.69) is 52.0 Å². The molecule has 0 N–H and O–H groups in total. The Labute approximate surface area is 139 Å². The van der Waals surface area contributed by atoms with Gasteiger partial charge in [0, 0.05) is 39.1 Å². The molecule has 2 aromatic carbocycles. The summed E-state index contributed by atoms with van der Waals surface area (Å²) in [5.74, 6) is 0. The van der Waals surface area contributed by atoms with Crippen molar-refractivity contribution in [3.63, 3.8) is 0 Å². The number of nitrogens with zero attached hydrogens (tertiary/aromatic N) is 2. The van der Waals surface area contributed by atoms with Crippen LogP contribution in [0.5, 0.6) is 0 Å². The van der Waals surface area contributed by atoms with Crippen molar-refractivity contribution in [3.05, 3.63) is 66.7 Å². The number of hydrogen-bond donors (Lipinski definition) is 0. The highest BCUT2D eigenvalue weighted by molar-refractivity contribution is 7.25. The molecule has 112 valence electrons. The van der Waals surface area contributed by atoms with Crippen molar-refractivity contribution in [2.75, 3.05) is 0 Å². The summed E-state index contributed by atoms with van der Waals surface area (Å²) in [6.45, 7) is 1.03. The molecule has 0 unspecified atom stereocenters. The van der Waals surface area contributed by atoms with Crippen molar-refractivity contribution in [3.8, 4) is 0 Å². The molecule has 2 nitrogen and oxygen atoms in total. The van der Waals surface area contributed by atoms with Crippen LogP contribution in [0.2, 0.25) is 0 Å². The van der Waals surface area contributed by atoms with E-state index >= 15 is 0 Å².